The van der Waals surface area contributed by atoms with Crippen LogP contribution in [-0.2, 0) is 56.1 Å². The maximum Gasteiger partial charge on any atom is 0.221 e. The predicted molar refractivity (Wildman–Crippen MR) is 295 cm³/mol. The summed E-state index contributed by atoms with van der Waals surface area (Å²) in [6, 6.07) is 39.4. The van der Waals surface area contributed by atoms with Gasteiger partial charge in [0.1, 0.15) is 23.1 Å². The summed E-state index contributed by atoms with van der Waals surface area (Å²) in [5.74, 6) is -4.98. The van der Waals surface area contributed by atoms with E-state index < -0.39 is 35.5 Å². The van der Waals surface area contributed by atoms with Crippen molar-refractivity contribution >= 4 is 103 Å². The van der Waals surface area contributed by atoms with Gasteiger partial charge >= 0.3 is 0 Å². The Hall–Kier alpha value is -7.64. The van der Waals surface area contributed by atoms with Gasteiger partial charge in [-0.15, -0.1) is 0 Å². The second-order valence-corrected chi connectivity index (χ2v) is 20.2. The minimum atomic E-state index is -0.837. The molecule has 1 amide bonds. The van der Waals surface area contributed by atoms with Gasteiger partial charge in [-0.25, -0.2) is 12.5 Å². The van der Waals surface area contributed by atoms with E-state index in [-0.39, 0.29) is 68.1 Å². The summed E-state index contributed by atoms with van der Waals surface area (Å²) >= 11 is 4.46. The van der Waals surface area contributed by atoms with Crippen molar-refractivity contribution in [1.29, 1.82) is 0 Å². The van der Waals surface area contributed by atoms with Crippen molar-refractivity contribution in [3.05, 3.63) is 180 Å². The highest BCUT2D eigenvalue weighted by atomic mass is 32.1. The van der Waals surface area contributed by atoms with Crippen LogP contribution in [-0.4, -0.2) is 60.5 Å². The molecule has 11 nitrogen and oxygen atoms in total. The molecule has 13 heteroatoms. The molecule has 5 unspecified atom stereocenters. The maximum absolute atomic E-state index is 15.4. The van der Waals surface area contributed by atoms with Gasteiger partial charge < -0.3 is 30.7 Å². The molecule has 0 aliphatic heterocycles. The lowest BCUT2D eigenvalue weighted by atomic mass is 9.76. The third-order valence-electron chi connectivity index (χ3n) is 15.1. The summed E-state index contributed by atoms with van der Waals surface area (Å²) in [5, 5.41) is 4.84. The Morgan fingerprint density at radius 2 is 0.603 bits per heavy atom. The van der Waals surface area contributed by atoms with Crippen LogP contribution in [0.15, 0.2) is 152 Å². The van der Waals surface area contributed by atoms with Gasteiger partial charge in [0.25, 0.3) is 0 Å². The van der Waals surface area contributed by atoms with Crippen molar-refractivity contribution in [2.45, 2.75) is 64.1 Å². The molecular weight excluding hydrogens is 928 g/mol. The number of carbonyl (C=O) groups excluding carboxylic acids is 5. The normalized spacial score (nSPS) is 13.9. The molecule has 0 bridgehead atoms. The largest absolute Gasteiger partial charge is 0.369 e. The number of Topliss-reactive ketones (excluding diaryl/α,β-unsaturated/α-hetero) is 4. The number of ketones is 4. The monoisotopic (exact) mass is 985 g/mol. The van der Waals surface area contributed by atoms with E-state index in [2.05, 4.69) is 37.4 Å². The van der Waals surface area contributed by atoms with Crippen LogP contribution >= 0.6 is 12.5 Å². The molecule has 0 spiro atoms. The van der Waals surface area contributed by atoms with Gasteiger partial charge in [0.05, 0.1) is 0 Å². The molecule has 10 aromatic rings. The summed E-state index contributed by atoms with van der Waals surface area (Å²) in [4.78, 5) is 90.1. The number of hydrogen-bond acceptors (Lipinski definition) is 6. The first-order valence-corrected chi connectivity index (χ1v) is 25.7. The summed E-state index contributed by atoms with van der Waals surface area (Å²) in [6.07, 6.45) is 10.9. The Morgan fingerprint density at radius 1 is 0.370 bits per heavy atom. The fourth-order valence-electron chi connectivity index (χ4n) is 11.1. The number of rotatable bonds is 25. The minimum Gasteiger partial charge on any atom is -0.369 e. The van der Waals surface area contributed by atoms with Gasteiger partial charge in [-0.05, 0) is 90.3 Å². The first-order valence-electron chi connectivity index (χ1n) is 25.2. The van der Waals surface area contributed by atoms with Crippen LogP contribution < -0.4 is 5.73 Å². The lowest BCUT2D eigenvalue weighted by molar-refractivity contribution is -0.134. The SMILES string of the molecule is NC(=O)C(CC(=O)C(CC(=O)C(CC(=O)C(CC(=O)C(C[B]S)Cc1c[nH]c2ccccc12)Cc1c[nH]c2ccccc12)Cc1c[nH]c2ccccc12)Cc1c[nH]c2ccccc12)Cc1c[nH]c2ccccc12. The van der Waals surface area contributed by atoms with Crippen molar-refractivity contribution < 1.29 is 24.0 Å². The number of aromatic amines is 5. The van der Waals surface area contributed by atoms with Gasteiger partial charge in [-0.1, -0.05) is 97.3 Å². The highest BCUT2D eigenvalue weighted by Gasteiger charge is 2.35. The van der Waals surface area contributed by atoms with E-state index in [4.69, 9.17) is 5.73 Å². The zero-order valence-corrected chi connectivity index (χ0v) is 41.4. The van der Waals surface area contributed by atoms with Crippen molar-refractivity contribution in [3.8, 4) is 0 Å². The minimum absolute atomic E-state index is 0.0203. The zero-order chi connectivity index (χ0) is 50.4. The van der Waals surface area contributed by atoms with Gasteiger partial charge in [0, 0.05) is 141 Å². The smallest absolute Gasteiger partial charge is 0.221 e. The van der Waals surface area contributed by atoms with Crippen molar-refractivity contribution in [2.75, 3.05) is 0 Å². The number of aromatic nitrogens is 5. The Balaban J connectivity index is 0.967. The first kappa shape index (κ1) is 49.0. The van der Waals surface area contributed by atoms with Crippen LogP contribution in [0.2, 0.25) is 6.32 Å². The number of hydrogen-bond donors (Lipinski definition) is 7. The molecule has 0 saturated heterocycles. The van der Waals surface area contributed by atoms with Crippen LogP contribution in [0.5, 0.6) is 0 Å². The molecule has 1 radical (unpaired) electrons. The number of amides is 1. The highest BCUT2D eigenvalue weighted by molar-refractivity contribution is 8.06. The fraction of sp³-hybridized carbons (Fsp3) is 0.250. The number of carbonyl (C=O) groups is 5. The van der Waals surface area contributed by atoms with Crippen LogP contribution in [0.4, 0.5) is 0 Å². The quantitative estimate of drug-likeness (QED) is 0.0221. The topological polar surface area (TPSA) is 190 Å². The molecule has 0 fully saturated rings. The second kappa shape index (κ2) is 22.0. The van der Waals surface area contributed by atoms with E-state index >= 15 is 9.59 Å². The Bertz CT molecular complexity index is 3620. The van der Waals surface area contributed by atoms with E-state index in [0.717, 1.165) is 82.3 Å². The summed E-state index contributed by atoms with van der Waals surface area (Å²) in [7, 11) is 0. The number of primary amides is 1. The number of para-hydroxylation sites is 5. The molecule has 7 N–H and O–H groups in total. The average molecular weight is 986 g/mol. The molecule has 0 saturated carbocycles. The highest BCUT2D eigenvalue weighted by Crippen LogP contribution is 2.33. The molecule has 5 aromatic heterocycles. The molecule has 367 valence electrons. The number of nitrogens with one attached hydrogen (secondary N) is 5. The van der Waals surface area contributed by atoms with Crippen molar-refractivity contribution in [2.24, 2.45) is 35.3 Å². The van der Waals surface area contributed by atoms with Crippen LogP contribution in [0.25, 0.3) is 54.5 Å². The maximum atomic E-state index is 15.4. The van der Waals surface area contributed by atoms with E-state index in [1.807, 2.05) is 152 Å². The average Bonchev–Trinajstić information content (AvgIpc) is 4.27. The third kappa shape index (κ3) is 10.9. The Labute approximate surface area is 429 Å². The molecule has 0 aliphatic carbocycles. The van der Waals surface area contributed by atoms with Crippen LogP contribution in [0, 0.1) is 29.6 Å². The standard InChI is InChI=1S/C60H58BN6O5S/c62-60(72)39(24-44-34-66-54-19-9-4-14-49(44)54)29-58(70)37(22-42-32-64-52-17-7-2-12-47(42)52)27-56(68)36(21-41-31-63-51-16-6-1-11-46(41)51)26-57(69)38(23-43-33-65-53-18-8-3-13-48(43)53)28-59(71)40(30-61-73)25-45-35-67-55-20-10-5-15-50(45)55/h1-20,31-40,63-67,73H,21-30H2,(H2,62,72). The summed E-state index contributed by atoms with van der Waals surface area (Å²) in [5.41, 5.74) is 15.3. The Morgan fingerprint density at radius 3 is 0.877 bits per heavy atom. The second-order valence-electron chi connectivity index (χ2n) is 19.8. The van der Waals surface area contributed by atoms with Crippen LogP contribution in [0.3, 0.4) is 0 Å². The Kier molecular flexibility index (Phi) is 14.8. The summed E-state index contributed by atoms with van der Waals surface area (Å²) in [6.45, 7) is 1.71. The van der Waals surface area contributed by atoms with Crippen molar-refractivity contribution in [3.63, 3.8) is 0 Å². The number of benzene rings is 5. The van der Waals surface area contributed by atoms with Crippen LogP contribution in [0.1, 0.15) is 53.5 Å². The van der Waals surface area contributed by atoms with Gasteiger partial charge in [-0.3, -0.25) is 24.0 Å². The van der Waals surface area contributed by atoms with Gasteiger partial charge in [0.15, 0.2) is 6.56 Å². The molecule has 5 atom stereocenters. The molecule has 5 heterocycles. The first-order chi connectivity index (χ1) is 35.6. The molecule has 10 rings (SSSR count). The van der Waals surface area contributed by atoms with E-state index in [1.165, 1.54) is 0 Å². The van der Waals surface area contributed by atoms with Gasteiger partial charge in [-0.2, -0.15) is 0 Å². The lowest BCUT2D eigenvalue weighted by Gasteiger charge is -2.24. The molecular formula is C60H58BN6O5S. The number of thiol groups is 1. The lowest BCUT2D eigenvalue weighted by Crippen LogP contribution is -2.33. The molecule has 73 heavy (non-hydrogen) atoms. The van der Waals surface area contributed by atoms with E-state index in [0.29, 0.717) is 19.2 Å². The van der Waals surface area contributed by atoms with Gasteiger partial charge in [0.2, 0.25) is 5.91 Å². The zero-order valence-electron chi connectivity index (χ0n) is 40.5. The number of fused-ring (bicyclic) bond motifs is 5. The molecule has 0 aliphatic rings. The van der Waals surface area contributed by atoms with Crippen molar-refractivity contribution in [1.82, 2.24) is 24.9 Å². The number of nitrogens with two attached hydrogens (primary N) is 1. The van der Waals surface area contributed by atoms with E-state index in [1.54, 1.807) is 6.56 Å². The number of H-pyrrole nitrogens is 5. The van der Waals surface area contributed by atoms with E-state index in [9.17, 15) is 14.4 Å². The predicted octanol–water partition coefficient (Wildman–Crippen LogP) is 11.0. The third-order valence-corrected chi connectivity index (χ3v) is 15.3. The fourth-order valence-corrected chi connectivity index (χ4v) is 11.4. The summed E-state index contributed by atoms with van der Waals surface area (Å²) < 4.78 is 0. The molecule has 5 aromatic carbocycles.